The molecule has 0 spiro atoms. The molecule has 3 heterocycles. The Morgan fingerprint density at radius 2 is 1.76 bits per heavy atom. The third kappa shape index (κ3) is 3.18. The number of nitrogen functional groups attached to an aromatic ring is 1. The van der Waals surface area contributed by atoms with E-state index < -0.39 is 0 Å². The zero-order valence-electron chi connectivity index (χ0n) is 13.0. The number of hydrogen-bond acceptors (Lipinski definition) is 7. The fourth-order valence-corrected chi connectivity index (χ4v) is 3.27. The predicted molar refractivity (Wildman–Crippen MR) is 84.6 cm³/mol. The molecular formula is C14H25N7. The molecule has 7 nitrogen and oxygen atoms in total. The average Bonchev–Trinajstić information content (AvgIpc) is 3.07. The minimum absolute atomic E-state index is 0.331. The van der Waals surface area contributed by atoms with Crippen molar-refractivity contribution in [3.05, 3.63) is 0 Å². The zero-order valence-corrected chi connectivity index (χ0v) is 13.0. The average molecular weight is 291 g/mol. The molecular weight excluding hydrogens is 266 g/mol. The summed E-state index contributed by atoms with van der Waals surface area (Å²) in [4.78, 5) is 20.1. The third-order valence-corrected chi connectivity index (χ3v) is 4.23. The van der Waals surface area contributed by atoms with Crippen molar-refractivity contribution in [2.45, 2.75) is 31.7 Å². The summed E-state index contributed by atoms with van der Waals surface area (Å²) in [6.45, 7) is 4.06. The fourth-order valence-electron chi connectivity index (χ4n) is 3.27. The van der Waals surface area contributed by atoms with Gasteiger partial charge in [0, 0.05) is 32.2 Å². The highest BCUT2D eigenvalue weighted by Gasteiger charge is 2.28. The van der Waals surface area contributed by atoms with Crippen molar-refractivity contribution in [2.24, 2.45) is 0 Å². The van der Waals surface area contributed by atoms with E-state index in [0.29, 0.717) is 12.0 Å². The lowest BCUT2D eigenvalue weighted by Crippen LogP contribution is -2.39. The van der Waals surface area contributed by atoms with Crippen molar-refractivity contribution in [1.82, 2.24) is 19.9 Å². The molecule has 1 aromatic rings. The third-order valence-electron chi connectivity index (χ3n) is 4.23. The summed E-state index contributed by atoms with van der Waals surface area (Å²) in [5.74, 6) is 1.82. The fraction of sp³-hybridized carbons (Fsp3) is 0.786. The minimum atomic E-state index is 0.331. The van der Waals surface area contributed by atoms with Crippen molar-refractivity contribution in [2.75, 3.05) is 55.8 Å². The maximum absolute atomic E-state index is 5.92. The molecule has 2 fully saturated rings. The Hall–Kier alpha value is -1.63. The van der Waals surface area contributed by atoms with E-state index in [4.69, 9.17) is 5.73 Å². The van der Waals surface area contributed by atoms with E-state index in [9.17, 15) is 0 Å². The van der Waals surface area contributed by atoms with E-state index in [2.05, 4.69) is 43.7 Å². The van der Waals surface area contributed by atoms with Gasteiger partial charge in [0.15, 0.2) is 0 Å². The van der Waals surface area contributed by atoms with Crippen LogP contribution in [0.15, 0.2) is 0 Å². The first-order valence-electron chi connectivity index (χ1n) is 7.81. The van der Waals surface area contributed by atoms with E-state index in [1.165, 1.54) is 25.7 Å². The molecule has 0 amide bonds. The number of aromatic nitrogens is 3. The number of nitrogens with two attached hydrogens (primary N) is 1. The highest BCUT2D eigenvalue weighted by Crippen LogP contribution is 2.25. The van der Waals surface area contributed by atoms with Crippen molar-refractivity contribution >= 4 is 17.8 Å². The van der Waals surface area contributed by atoms with Crippen LogP contribution in [0, 0.1) is 0 Å². The van der Waals surface area contributed by atoms with Crippen molar-refractivity contribution in [1.29, 1.82) is 0 Å². The normalized spacial score (nSPS) is 22.5. The molecule has 0 bridgehead atoms. The van der Waals surface area contributed by atoms with Crippen LogP contribution in [0.4, 0.5) is 17.8 Å². The van der Waals surface area contributed by atoms with Crippen molar-refractivity contribution in [3.8, 4) is 0 Å². The van der Waals surface area contributed by atoms with Crippen LogP contribution in [0.3, 0.4) is 0 Å². The molecule has 2 N–H and O–H groups in total. The van der Waals surface area contributed by atoms with Crippen LogP contribution < -0.4 is 15.5 Å². The molecule has 2 aliphatic rings. The van der Waals surface area contributed by atoms with Crippen LogP contribution in [0.2, 0.25) is 0 Å². The molecule has 2 aliphatic heterocycles. The molecule has 7 heteroatoms. The lowest BCUT2D eigenvalue weighted by Gasteiger charge is -2.27. The summed E-state index contributed by atoms with van der Waals surface area (Å²) in [6.07, 6.45) is 4.77. The van der Waals surface area contributed by atoms with Gasteiger partial charge < -0.3 is 20.4 Å². The van der Waals surface area contributed by atoms with Crippen molar-refractivity contribution in [3.63, 3.8) is 0 Å². The number of rotatable bonds is 4. The van der Waals surface area contributed by atoms with Crippen LogP contribution in [-0.2, 0) is 0 Å². The molecule has 3 rings (SSSR count). The molecule has 0 aliphatic carbocycles. The van der Waals surface area contributed by atoms with Crippen LogP contribution in [0.25, 0.3) is 0 Å². The van der Waals surface area contributed by atoms with E-state index in [-0.39, 0.29) is 0 Å². The van der Waals surface area contributed by atoms with E-state index in [1.54, 1.807) is 0 Å². The summed E-state index contributed by atoms with van der Waals surface area (Å²) in [7, 11) is 4.21. The smallest absolute Gasteiger partial charge is 0.232 e. The second-order valence-electron chi connectivity index (χ2n) is 6.24. The Bertz CT molecular complexity index is 484. The number of nitrogens with zero attached hydrogens (tertiary/aromatic N) is 6. The minimum Gasteiger partial charge on any atom is -0.368 e. The lowest BCUT2D eigenvalue weighted by atomic mass is 10.2. The Morgan fingerprint density at radius 1 is 1.05 bits per heavy atom. The Kier molecular flexibility index (Phi) is 4.10. The Labute approximate surface area is 126 Å². The first-order chi connectivity index (χ1) is 10.1. The molecule has 2 saturated heterocycles. The quantitative estimate of drug-likeness (QED) is 0.870. The maximum atomic E-state index is 5.92. The van der Waals surface area contributed by atoms with Gasteiger partial charge in [-0.15, -0.1) is 0 Å². The van der Waals surface area contributed by atoms with Crippen LogP contribution >= 0.6 is 0 Å². The van der Waals surface area contributed by atoms with Gasteiger partial charge in [0.1, 0.15) is 0 Å². The number of hydrogen-bond donors (Lipinski definition) is 1. The monoisotopic (exact) mass is 291 g/mol. The van der Waals surface area contributed by atoms with E-state index in [1.807, 2.05) is 0 Å². The summed E-state index contributed by atoms with van der Waals surface area (Å²) in [6, 6.07) is 0.466. The Morgan fingerprint density at radius 3 is 2.48 bits per heavy atom. The molecule has 0 radical (unpaired) electrons. The van der Waals surface area contributed by atoms with Gasteiger partial charge >= 0.3 is 0 Å². The molecule has 21 heavy (non-hydrogen) atoms. The van der Waals surface area contributed by atoms with Gasteiger partial charge in [0.2, 0.25) is 17.8 Å². The highest BCUT2D eigenvalue weighted by molar-refractivity contribution is 5.45. The van der Waals surface area contributed by atoms with Gasteiger partial charge in [-0.2, -0.15) is 15.0 Å². The van der Waals surface area contributed by atoms with Crippen LogP contribution in [-0.4, -0.2) is 66.2 Å². The second-order valence-corrected chi connectivity index (χ2v) is 6.24. The summed E-state index contributed by atoms with van der Waals surface area (Å²) >= 11 is 0. The van der Waals surface area contributed by atoms with Gasteiger partial charge in [-0.1, -0.05) is 0 Å². The van der Waals surface area contributed by atoms with Gasteiger partial charge in [-0.3, -0.25) is 0 Å². The van der Waals surface area contributed by atoms with Crippen LogP contribution in [0.1, 0.15) is 25.7 Å². The molecule has 0 aromatic carbocycles. The molecule has 116 valence electrons. The first kappa shape index (κ1) is 14.3. The van der Waals surface area contributed by atoms with Crippen molar-refractivity contribution < 1.29 is 0 Å². The first-order valence-corrected chi connectivity index (χ1v) is 7.81. The molecule has 0 saturated carbocycles. The zero-order chi connectivity index (χ0) is 14.8. The predicted octanol–water partition coefficient (Wildman–Crippen LogP) is 0.584. The lowest BCUT2D eigenvalue weighted by molar-refractivity contribution is 0.371. The summed E-state index contributed by atoms with van der Waals surface area (Å²) in [5, 5.41) is 0. The van der Waals surface area contributed by atoms with E-state index in [0.717, 1.165) is 38.1 Å². The van der Waals surface area contributed by atoms with Crippen LogP contribution in [0.5, 0.6) is 0 Å². The largest absolute Gasteiger partial charge is 0.368 e. The van der Waals surface area contributed by atoms with Gasteiger partial charge in [-0.25, -0.2) is 0 Å². The standard InChI is InChI=1S/C14H25N7/c1-19(2)10-11-6-5-9-21(11)14-17-12(15)16-13(18-14)20-7-3-4-8-20/h11H,3-10H2,1-2H3,(H2,15,16,17,18). The number of likely N-dealkylation sites (N-methyl/N-ethyl adjacent to an activating group) is 1. The Balaban J connectivity index is 1.83. The molecule has 1 aromatic heterocycles. The van der Waals surface area contributed by atoms with Gasteiger partial charge in [0.05, 0.1) is 0 Å². The summed E-state index contributed by atoms with van der Waals surface area (Å²) < 4.78 is 0. The highest BCUT2D eigenvalue weighted by atomic mass is 15.4. The molecule has 1 atom stereocenters. The maximum Gasteiger partial charge on any atom is 0.232 e. The SMILES string of the molecule is CN(C)CC1CCCN1c1nc(N)nc(N2CCCC2)n1. The van der Waals surface area contributed by atoms with E-state index >= 15 is 0 Å². The topological polar surface area (TPSA) is 74.4 Å². The molecule has 1 unspecified atom stereocenters. The number of anilines is 3. The summed E-state index contributed by atoms with van der Waals surface area (Å²) in [5.41, 5.74) is 5.92. The second kappa shape index (κ2) is 6.01. The van der Waals surface area contributed by atoms with Gasteiger partial charge in [-0.05, 0) is 39.8 Å². The van der Waals surface area contributed by atoms with Gasteiger partial charge in [0.25, 0.3) is 0 Å².